The second kappa shape index (κ2) is 5.20. The SMILES string of the molecule is Cc1nnc([C@]23CCC[C@H]2CN(c2ncc(C#N)cc2Cl)C3)o1. The molecule has 2 fully saturated rings. The molecule has 118 valence electrons. The molecule has 4 rings (SSSR count). The summed E-state index contributed by atoms with van der Waals surface area (Å²) in [5.74, 6) is 2.55. The molecular formula is C16H16ClN5O. The molecule has 0 bridgehead atoms. The van der Waals surface area contributed by atoms with Crippen LogP contribution in [-0.4, -0.2) is 28.3 Å². The Hall–Kier alpha value is -2.13. The molecule has 1 aliphatic heterocycles. The summed E-state index contributed by atoms with van der Waals surface area (Å²) < 4.78 is 5.78. The van der Waals surface area contributed by atoms with Gasteiger partial charge in [-0.3, -0.25) is 0 Å². The summed E-state index contributed by atoms with van der Waals surface area (Å²) in [5, 5.41) is 17.8. The Morgan fingerprint density at radius 1 is 1.48 bits per heavy atom. The summed E-state index contributed by atoms with van der Waals surface area (Å²) in [5.41, 5.74) is 0.376. The molecule has 2 aromatic heterocycles. The lowest BCUT2D eigenvalue weighted by molar-refractivity contribution is 0.299. The van der Waals surface area contributed by atoms with Crippen LogP contribution in [0.25, 0.3) is 0 Å². The fourth-order valence-electron chi connectivity index (χ4n) is 4.02. The van der Waals surface area contributed by atoms with Gasteiger partial charge in [0.1, 0.15) is 11.9 Å². The van der Waals surface area contributed by atoms with E-state index in [1.807, 2.05) is 6.92 Å². The number of aromatic nitrogens is 3. The van der Waals surface area contributed by atoms with E-state index in [9.17, 15) is 0 Å². The van der Waals surface area contributed by atoms with Crippen molar-refractivity contribution in [3.05, 3.63) is 34.6 Å². The Morgan fingerprint density at radius 3 is 3.04 bits per heavy atom. The van der Waals surface area contributed by atoms with E-state index in [0.717, 1.165) is 37.6 Å². The number of fused-ring (bicyclic) bond motifs is 1. The zero-order valence-corrected chi connectivity index (χ0v) is 13.5. The van der Waals surface area contributed by atoms with Crippen LogP contribution in [-0.2, 0) is 5.41 Å². The van der Waals surface area contributed by atoms with Crippen LogP contribution in [0.1, 0.15) is 36.6 Å². The van der Waals surface area contributed by atoms with Gasteiger partial charge >= 0.3 is 0 Å². The van der Waals surface area contributed by atoms with Gasteiger partial charge in [0.2, 0.25) is 11.8 Å². The minimum Gasteiger partial charge on any atom is -0.425 e. The molecule has 7 heteroatoms. The molecule has 0 aromatic carbocycles. The molecule has 3 heterocycles. The zero-order chi connectivity index (χ0) is 16.0. The zero-order valence-electron chi connectivity index (χ0n) is 12.8. The first-order valence-electron chi connectivity index (χ1n) is 7.73. The number of nitrogens with zero attached hydrogens (tertiary/aromatic N) is 5. The molecule has 2 aromatic rings. The van der Waals surface area contributed by atoms with E-state index in [1.165, 1.54) is 6.42 Å². The molecule has 2 aliphatic rings. The number of nitriles is 1. The standard InChI is InChI=1S/C16H16ClN5O/c1-10-20-21-15(23-10)16-4-2-3-12(16)8-22(9-16)14-13(17)5-11(6-18)7-19-14/h5,7,12H,2-4,8-9H2,1H3/t12-,16-/m0/s1. The summed E-state index contributed by atoms with van der Waals surface area (Å²) in [4.78, 5) is 6.58. The maximum atomic E-state index is 8.95. The van der Waals surface area contributed by atoms with Gasteiger partial charge in [0.25, 0.3) is 0 Å². The summed E-state index contributed by atoms with van der Waals surface area (Å²) in [6, 6.07) is 3.73. The highest BCUT2D eigenvalue weighted by molar-refractivity contribution is 6.33. The molecule has 1 aliphatic carbocycles. The summed E-state index contributed by atoms with van der Waals surface area (Å²) in [6.07, 6.45) is 4.93. The normalized spacial score (nSPS) is 26.3. The lowest BCUT2D eigenvalue weighted by Gasteiger charge is -2.25. The van der Waals surface area contributed by atoms with Crippen LogP contribution in [0.4, 0.5) is 5.82 Å². The van der Waals surface area contributed by atoms with Crippen LogP contribution >= 0.6 is 11.6 Å². The van der Waals surface area contributed by atoms with E-state index in [1.54, 1.807) is 12.3 Å². The van der Waals surface area contributed by atoms with Gasteiger partial charge in [0.05, 0.1) is 16.0 Å². The maximum absolute atomic E-state index is 8.95. The average Bonchev–Trinajstić information content (AvgIpc) is 3.20. The second-order valence-electron chi connectivity index (χ2n) is 6.39. The number of hydrogen-bond donors (Lipinski definition) is 0. The molecule has 0 spiro atoms. The lowest BCUT2D eigenvalue weighted by Crippen LogP contribution is -2.32. The van der Waals surface area contributed by atoms with Crippen molar-refractivity contribution in [2.75, 3.05) is 18.0 Å². The van der Waals surface area contributed by atoms with E-state index in [4.69, 9.17) is 21.3 Å². The van der Waals surface area contributed by atoms with Gasteiger partial charge in [0, 0.05) is 26.2 Å². The Bertz CT molecular complexity index is 798. The number of rotatable bonds is 2. The van der Waals surface area contributed by atoms with Gasteiger partial charge in [0.15, 0.2) is 0 Å². The van der Waals surface area contributed by atoms with Gasteiger partial charge in [-0.2, -0.15) is 5.26 Å². The molecule has 23 heavy (non-hydrogen) atoms. The predicted octanol–water partition coefficient (Wildman–Crippen LogP) is 2.86. The summed E-state index contributed by atoms with van der Waals surface area (Å²) in [6.45, 7) is 3.47. The van der Waals surface area contributed by atoms with Gasteiger partial charge in [-0.25, -0.2) is 4.98 Å². The quantitative estimate of drug-likeness (QED) is 0.843. The lowest BCUT2D eigenvalue weighted by atomic mass is 9.80. The highest BCUT2D eigenvalue weighted by Gasteiger charge is 2.54. The van der Waals surface area contributed by atoms with Crippen molar-refractivity contribution in [2.45, 2.75) is 31.6 Å². The van der Waals surface area contributed by atoms with E-state index < -0.39 is 0 Å². The van der Waals surface area contributed by atoms with E-state index in [2.05, 4.69) is 26.2 Å². The van der Waals surface area contributed by atoms with Crippen molar-refractivity contribution < 1.29 is 4.42 Å². The van der Waals surface area contributed by atoms with E-state index >= 15 is 0 Å². The van der Waals surface area contributed by atoms with Crippen LogP contribution in [0.15, 0.2) is 16.7 Å². The van der Waals surface area contributed by atoms with Crippen LogP contribution in [0.5, 0.6) is 0 Å². The molecule has 0 amide bonds. The van der Waals surface area contributed by atoms with Crippen LogP contribution in [0.2, 0.25) is 5.02 Å². The number of aryl methyl sites for hydroxylation is 1. The molecular weight excluding hydrogens is 314 g/mol. The topological polar surface area (TPSA) is 78.8 Å². The first kappa shape index (κ1) is 14.5. The average molecular weight is 330 g/mol. The fraction of sp³-hybridized carbons (Fsp3) is 0.500. The monoisotopic (exact) mass is 329 g/mol. The van der Waals surface area contributed by atoms with E-state index in [0.29, 0.717) is 22.4 Å². The summed E-state index contributed by atoms with van der Waals surface area (Å²) in [7, 11) is 0. The molecule has 2 atom stereocenters. The van der Waals surface area contributed by atoms with Crippen molar-refractivity contribution in [3.63, 3.8) is 0 Å². The van der Waals surface area contributed by atoms with Gasteiger partial charge in [-0.1, -0.05) is 18.0 Å². The number of anilines is 1. The first-order chi connectivity index (χ1) is 11.1. The molecule has 1 saturated heterocycles. The third-order valence-electron chi connectivity index (χ3n) is 5.07. The Morgan fingerprint density at radius 2 is 2.35 bits per heavy atom. The highest BCUT2D eigenvalue weighted by atomic mass is 35.5. The second-order valence-corrected chi connectivity index (χ2v) is 6.80. The van der Waals surface area contributed by atoms with Crippen LogP contribution in [0, 0.1) is 24.2 Å². The maximum Gasteiger partial charge on any atom is 0.224 e. The number of hydrogen-bond acceptors (Lipinski definition) is 6. The smallest absolute Gasteiger partial charge is 0.224 e. The Balaban J connectivity index is 1.69. The van der Waals surface area contributed by atoms with Crippen LogP contribution in [0.3, 0.4) is 0 Å². The largest absolute Gasteiger partial charge is 0.425 e. The molecule has 6 nitrogen and oxygen atoms in total. The molecule has 0 radical (unpaired) electrons. The van der Waals surface area contributed by atoms with Crippen molar-refractivity contribution >= 4 is 17.4 Å². The van der Waals surface area contributed by atoms with Gasteiger partial charge in [-0.05, 0) is 24.8 Å². The molecule has 1 saturated carbocycles. The Labute approximate surface area is 139 Å². The van der Waals surface area contributed by atoms with Gasteiger partial charge in [-0.15, -0.1) is 10.2 Å². The first-order valence-corrected chi connectivity index (χ1v) is 8.11. The Kier molecular flexibility index (Phi) is 3.27. The number of pyridine rings is 1. The van der Waals surface area contributed by atoms with Crippen molar-refractivity contribution in [3.8, 4) is 6.07 Å². The van der Waals surface area contributed by atoms with Gasteiger partial charge < -0.3 is 9.32 Å². The fourth-order valence-corrected chi connectivity index (χ4v) is 4.31. The molecule has 0 N–H and O–H groups in total. The third kappa shape index (κ3) is 2.19. The van der Waals surface area contributed by atoms with Crippen molar-refractivity contribution in [1.29, 1.82) is 5.26 Å². The summed E-state index contributed by atoms with van der Waals surface area (Å²) >= 11 is 6.33. The highest BCUT2D eigenvalue weighted by Crippen LogP contribution is 2.51. The van der Waals surface area contributed by atoms with Crippen molar-refractivity contribution in [1.82, 2.24) is 15.2 Å². The van der Waals surface area contributed by atoms with E-state index in [-0.39, 0.29) is 5.41 Å². The minimum atomic E-state index is -0.0971. The molecule has 0 unspecified atom stereocenters. The predicted molar refractivity (Wildman–Crippen MR) is 84.2 cm³/mol. The third-order valence-corrected chi connectivity index (χ3v) is 5.35. The minimum absolute atomic E-state index is 0.0971. The number of halogens is 1. The van der Waals surface area contributed by atoms with Crippen molar-refractivity contribution in [2.24, 2.45) is 5.92 Å². The van der Waals surface area contributed by atoms with Crippen LogP contribution < -0.4 is 4.90 Å².